The first kappa shape index (κ1) is 11.4. The third-order valence-electron chi connectivity index (χ3n) is 1.91. The van der Waals surface area contributed by atoms with Gasteiger partial charge in [0.1, 0.15) is 5.56 Å². The van der Waals surface area contributed by atoms with Gasteiger partial charge in [0.05, 0.1) is 6.10 Å². The second-order valence-corrected chi connectivity index (χ2v) is 3.58. The molecule has 0 saturated carbocycles. The van der Waals surface area contributed by atoms with Crippen LogP contribution in [0.1, 0.15) is 29.8 Å². The van der Waals surface area contributed by atoms with Crippen LogP contribution in [-0.2, 0) is 0 Å². The first-order valence-corrected chi connectivity index (χ1v) is 4.66. The summed E-state index contributed by atoms with van der Waals surface area (Å²) in [5.74, 6) is -1.23. The SMILES string of the molecule is Cc1ccc(C(=O)O)c(O)c1OC(C)C. The zero-order valence-electron chi connectivity index (χ0n) is 8.94. The fourth-order valence-electron chi connectivity index (χ4n) is 1.23. The Balaban J connectivity index is 3.24. The number of aromatic carboxylic acids is 1. The van der Waals surface area contributed by atoms with Gasteiger partial charge < -0.3 is 14.9 Å². The fraction of sp³-hybridized carbons (Fsp3) is 0.364. The van der Waals surface area contributed by atoms with Crippen LogP contribution in [0.15, 0.2) is 12.1 Å². The van der Waals surface area contributed by atoms with Gasteiger partial charge in [0, 0.05) is 0 Å². The Hall–Kier alpha value is -1.71. The Labute approximate surface area is 88.1 Å². The number of ether oxygens (including phenoxy) is 1. The average molecular weight is 210 g/mol. The molecule has 1 aromatic carbocycles. The highest BCUT2D eigenvalue weighted by atomic mass is 16.5. The Bertz CT molecular complexity index is 382. The van der Waals surface area contributed by atoms with Crippen LogP contribution >= 0.6 is 0 Å². The molecule has 0 aliphatic carbocycles. The smallest absolute Gasteiger partial charge is 0.339 e. The second-order valence-electron chi connectivity index (χ2n) is 3.58. The molecular formula is C11H14O4. The first-order valence-electron chi connectivity index (χ1n) is 4.66. The van der Waals surface area contributed by atoms with E-state index in [1.165, 1.54) is 6.07 Å². The third kappa shape index (κ3) is 2.40. The quantitative estimate of drug-likeness (QED) is 0.802. The van der Waals surface area contributed by atoms with Crippen LogP contribution in [-0.4, -0.2) is 22.3 Å². The van der Waals surface area contributed by atoms with Crippen molar-refractivity contribution in [2.75, 3.05) is 0 Å². The van der Waals surface area contributed by atoms with Gasteiger partial charge in [-0.25, -0.2) is 4.79 Å². The Morgan fingerprint density at radius 2 is 2.00 bits per heavy atom. The largest absolute Gasteiger partial charge is 0.504 e. The molecule has 0 fully saturated rings. The molecule has 4 nitrogen and oxygen atoms in total. The van der Waals surface area contributed by atoms with Crippen molar-refractivity contribution in [1.29, 1.82) is 0 Å². The standard InChI is InChI=1S/C11H14O4/c1-6(2)15-10-7(3)4-5-8(9(10)12)11(13)14/h4-6,12H,1-3H3,(H,13,14). The van der Waals surface area contributed by atoms with Gasteiger partial charge in [-0.05, 0) is 32.4 Å². The van der Waals surface area contributed by atoms with E-state index in [2.05, 4.69) is 0 Å². The van der Waals surface area contributed by atoms with Crippen LogP contribution in [0.3, 0.4) is 0 Å². The lowest BCUT2D eigenvalue weighted by molar-refractivity contribution is 0.0692. The molecule has 0 radical (unpaired) electrons. The van der Waals surface area contributed by atoms with Gasteiger partial charge in [0.15, 0.2) is 11.5 Å². The van der Waals surface area contributed by atoms with E-state index in [-0.39, 0.29) is 23.2 Å². The predicted octanol–water partition coefficient (Wildman–Crippen LogP) is 2.19. The molecule has 0 amide bonds. The van der Waals surface area contributed by atoms with Gasteiger partial charge in [-0.3, -0.25) is 0 Å². The molecule has 0 aliphatic heterocycles. The number of hydrogen-bond acceptors (Lipinski definition) is 3. The summed E-state index contributed by atoms with van der Waals surface area (Å²) in [5, 5.41) is 18.5. The molecule has 0 atom stereocenters. The van der Waals surface area contributed by atoms with Crippen molar-refractivity contribution >= 4 is 5.97 Å². The average Bonchev–Trinajstić information content (AvgIpc) is 2.11. The summed E-state index contributed by atoms with van der Waals surface area (Å²) in [5.41, 5.74) is 0.572. The number of aryl methyl sites for hydroxylation is 1. The lowest BCUT2D eigenvalue weighted by Gasteiger charge is -2.14. The highest BCUT2D eigenvalue weighted by molar-refractivity contribution is 5.92. The van der Waals surface area contributed by atoms with Crippen molar-refractivity contribution < 1.29 is 19.7 Å². The Kier molecular flexibility index (Phi) is 3.19. The molecule has 0 spiro atoms. The van der Waals surface area contributed by atoms with Gasteiger partial charge >= 0.3 is 5.97 Å². The summed E-state index contributed by atoms with van der Waals surface area (Å²) in [4.78, 5) is 10.8. The second kappa shape index (κ2) is 4.21. The first-order chi connectivity index (χ1) is 6.93. The van der Waals surface area contributed by atoms with E-state index in [1.54, 1.807) is 13.0 Å². The minimum absolute atomic E-state index is 0.112. The summed E-state index contributed by atoms with van der Waals surface area (Å²) in [6.07, 6.45) is -0.112. The molecule has 0 heterocycles. The summed E-state index contributed by atoms with van der Waals surface area (Å²) in [6.45, 7) is 5.38. The topological polar surface area (TPSA) is 66.8 Å². The number of carbonyl (C=O) groups is 1. The van der Waals surface area contributed by atoms with Crippen molar-refractivity contribution in [3.63, 3.8) is 0 Å². The van der Waals surface area contributed by atoms with E-state index in [0.717, 1.165) is 0 Å². The molecule has 82 valence electrons. The normalized spacial score (nSPS) is 10.4. The van der Waals surface area contributed by atoms with Gasteiger partial charge in [-0.2, -0.15) is 0 Å². The summed E-state index contributed by atoms with van der Waals surface area (Å²) in [6, 6.07) is 2.97. The molecule has 0 bridgehead atoms. The molecule has 15 heavy (non-hydrogen) atoms. The van der Waals surface area contributed by atoms with E-state index < -0.39 is 5.97 Å². The van der Waals surface area contributed by atoms with E-state index in [0.29, 0.717) is 5.56 Å². The predicted molar refractivity (Wildman–Crippen MR) is 55.6 cm³/mol. The Morgan fingerprint density at radius 3 is 2.47 bits per heavy atom. The highest BCUT2D eigenvalue weighted by Crippen LogP contribution is 2.34. The fourth-order valence-corrected chi connectivity index (χ4v) is 1.23. The van der Waals surface area contributed by atoms with Crippen molar-refractivity contribution in [3.8, 4) is 11.5 Å². The lowest BCUT2D eigenvalue weighted by Crippen LogP contribution is -2.08. The number of carboxylic acid groups (broad SMARTS) is 1. The van der Waals surface area contributed by atoms with Crippen molar-refractivity contribution in [3.05, 3.63) is 23.3 Å². The maximum Gasteiger partial charge on any atom is 0.339 e. The molecule has 1 aromatic rings. The van der Waals surface area contributed by atoms with Crippen LogP contribution < -0.4 is 4.74 Å². The van der Waals surface area contributed by atoms with Crippen LogP contribution in [0.5, 0.6) is 11.5 Å². The van der Waals surface area contributed by atoms with Crippen LogP contribution in [0, 0.1) is 6.92 Å². The van der Waals surface area contributed by atoms with Gasteiger partial charge in [-0.1, -0.05) is 6.07 Å². The molecule has 0 unspecified atom stereocenters. The van der Waals surface area contributed by atoms with Crippen LogP contribution in [0.25, 0.3) is 0 Å². The van der Waals surface area contributed by atoms with Crippen molar-refractivity contribution in [2.45, 2.75) is 26.9 Å². The molecule has 4 heteroatoms. The minimum atomic E-state index is -1.17. The number of benzene rings is 1. The maximum atomic E-state index is 10.8. The monoisotopic (exact) mass is 210 g/mol. The molecule has 1 rings (SSSR count). The zero-order chi connectivity index (χ0) is 11.6. The van der Waals surface area contributed by atoms with E-state index >= 15 is 0 Å². The Morgan fingerprint density at radius 1 is 1.40 bits per heavy atom. The number of phenols is 1. The third-order valence-corrected chi connectivity index (χ3v) is 1.91. The van der Waals surface area contributed by atoms with E-state index in [1.807, 2.05) is 13.8 Å². The molecule has 0 saturated heterocycles. The molecule has 0 aliphatic rings. The molecular weight excluding hydrogens is 196 g/mol. The van der Waals surface area contributed by atoms with Gasteiger partial charge in [0.25, 0.3) is 0 Å². The molecule has 0 aromatic heterocycles. The van der Waals surface area contributed by atoms with Crippen LogP contribution in [0.4, 0.5) is 0 Å². The van der Waals surface area contributed by atoms with Crippen LogP contribution in [0.2, 0.25) is 0 Å². The maximum absolute atomic E-state index is 10.8. The highest BCUT2D eigenvalue weighted by Gasteiger charge is 2.17. The van der Waals surface area contributed by atoms with E-state index in [9.17, 15) is 9.90 Å². The summed E-state index contributed by atoms with van der Waals surface area (Å²) in [7, 11) is 0. The number of rotatable bonds is 3. The van der Waals surface area contributed by atoms with Crippen molar-refractivity contribution in [1.82, 2.24) is 0 Å². The minimum Gasteiger partial charge on any atom is -0.504 e. The number of carboxylic acids is 1. The zero-order valence-corrected chi connectivity index (χ0v) is 8.94. The summed E-state index contributed by atoms with van der Waals surface area (Å²) >= 11 is 0. The lowest BCUT2D eigenvalue weighted by atomic mass is 10.1. The van der Waals surface area contributed by atoms with Crippen molar-refractivity contribution in [2.24, 2.45) is 0 Å². The number of hydrogen-bond donors (Lipinski definition) is 2. The molecule has 2 N–H and O–H groups in total. The number of aromatic hydroxyl groups is 1. The van der Waals surface area contributed by atoms with E-state index in [4.69, 9.17) is 9.84 Å². The van der Waals surface area contributed by atoms with Gasteiger partial charge in [0.2, 0.25) is 0 Å². The van der Waals surface area contributed by atoms with Gasteiger partial charge in [-0.15, -0.1) is 0 Å². The summed E-state index contributed by atoms with van der Waals surface area (Å²) < 4.78 is 5.35.